The van der Waals surface area contributed by atoms with Crippen LogP contribution in [0, 0.1) is 22.7 Å². The molecule has 1 aliphatic rings. The van der Waals surface area contributed by atoms with E-state index in [0.717, 1.165) is 38.8 Å². The maximum atomic E-state index is 10.6. The van der Waals surface area contributed by atoms with E-state index in [4.69, 9.17) is 0 Å². The molecular weight excluding hydrogens is 536 g/mol. The summed E-state index contributed by atoms with van der Waals surface area (Å²) in [6.45, 7) is 4.59. The van der Waals surface area contributed by atoms with E-state index < -0.39 is 0 Å². The van der Waals surface area contributed by atoms with Crippen LogP contribution in [0.5, 0.6) is 0 Å². The van der Waals surface area contributed by atoms with Crippen LogP contribution in [0.15, 0.2) is 121 Å². The molecule has 0 unspecified atom stereocenters. The number of nitriles is 2. The van der Waals surface area contributed by atoms with Crippen LogP contribution < -0.4 is 0 Å². The van der Waals surface area contributed by atoms with Gasteiger partial charge in [-0.2, -0.15) is 10.5 Å². The molecular formula is C40H26N4. The molecule has 44 heavy (non-hydrogen) atoms. The summed E-state index contributed by atoms with van der Waals surface area (Å²) in [6, 6.07) is 44.2. The predicted octanol–water partition coefficient (Wildman–Crippen LogP) is 9.56. The maximum absolute atomic E-state index is 10.6. The number of rotatable bonds is 3. The molecule has 5 aromatic carbocycles. The van der Waals surface area contributed by atoms with E-state index in [2.05, 4.69) is 96.2 Å². The fraction of sp³-hybridized carbons (Fsp3) is 0.0750. The third kappa shape index (κ3) is 3.59. The Hall–Kier alpha value is -5.97. The van der Waals surface area contributed by atoms with E-state index in [0.29, 0.717) is 16.8 Å². The zero-order valence-corrected chi connectivity index (χ0v) is 24.3. The highest BCUT2D eigenvalue weighted by Crippen LogP contribution is 2.53. The lowest BCUT2D eigenvalue weighted by molar-refractivity contribution is 0.664. The molecule has 0 bridgehead atoms. The lowest BCUT2D eigenvalue weighted by Gasteiger charge is -2.24. The van der Waals surface area contributed by atoms with Gasteiger partial charge >= 0.3 is 0 Å². The zero-order chi connectivity index (χ0) is 30.0. The van der Waals surface area contributed by atoms with Gasteiger partial charge in [0, 0.05) is 33.5 Å². The molecule has 0 aliphatic heterocycles. The van der Waals surface area contributed by atoms with Crippen LogP contribution in [0.1, 0.15) is 36.2 Å². The van der Waals surface area contributed by atoms with Crippen molar-refractivity contribution in [2.45, 2.75) is 19.3 Å². The van der Waals surface area contributed by atoms with Crippen molar-refractivity contribution in [1.29, 1.82) is 10.5 Å². The standard InChI is InChI=1S/C40H26N4/c1-40(2)34-14-8-6-12-29(34)31-17-18-32-30-13-7-9-15-37(30)44(39(32)38(31)40)36-19-16-26(20-27(36)22-41)33-21-28(24-43-35(33)23-42)25-10-4-3-5-11-25/h3-21,24H,1-2H3. The Morgan fingerprint density at radius 2 is 1.41 bits per heavy atom. The Morgan fingerprint density at radius 3 is 2.23 bits per heavy atom. The molecule has 0 saturated heterocycles. The normalized spacial score (nSPS) is 12.9. The zero-order valence-electron chi connectivity index (χ0n) is 24.3. The Labute approximate surface area is 255 Å². The van der Waals surface area contributed by atoms with Crippen molar-refractivity contribution in [3.63, 3.8) is 0 Å². The number of nitrogens with zero attached hydrogens (tertiary/aromatic N) is 4. The van der Waals surface area contributed by atoms with Crippen LogP contribution in [0.4, 0.5) is 0 Å². The summed E-state index contributed by atoms with van der Waals surface area (Å²) < 4.78 is 2.27. The molecule has 2 heterocycles. The SMILES string of the molecule is CC1(C)c2ccccc2-c2ccc3c4ccccc4n(-c4ccc(-c5cc(-c6ccccc6)cnc5C#N)cc4C#N)c3c21. The largest absolute Gasteiger partial charge is 0.308 e. The van der Waals surface area contributed by atoms with Crippen molar-refractivity contribution in [1.82, 2.24) is 9.55 Å². The topological polar surface area (TPSA) is 65.4 Å². The summed E-state index contributed by atoms with van der Waals surface area (Å²) in [5.74, 6) is 0. The lowest BCUT2D eigenvalue weighted by Crippen LogP contribution is -2.16. The van der Waals surface area contributed by atoms with Crippen molar-refractivity contribution in [2.24, 2.45) is 0 Å². The molecule has 2 aromatic heterocycles. The molecule has 206 valence electrons. The molecule has 7 aromatic rings. The highest BCUT2D eigenvalue weighted by Gasteiger charge is 2.38. The average molecular weight is 563 g/mol. The van der Waals surface area contributed by atoms with Crippen LogP contribution >= 0.6 is 0 Å². The smallest absolute Gasteiger partial charge is 0.148 e. The molecule has 0 atom stereocenters. The molecule has 0 amide bonds. The average Bonchev–Trinajstić information content (AvgIpc) is 3.53. The van der Waals surface area contributed by atoms with E-state index in [9.17, 15) is 10.5 Å². The molecule has 4 nitrogen and oxygen atoms in total. The van der Waals surface area contributed by atoms with Crippen molar-refractivity contribution in [2.75, 3.05) is 0 Å². The first-order valence-corrected chi connectivity index (χ1v) is 14.7. The first-order chi connectivity index (χ1) is 21.5. The number of hydrogen-bond acceptors (Lipinski definition) is 3. The van der Waals surface area contributed by atoms with Gasteiger partial charge in [-0.25, -0.2) is 4.98 Å². The number of benzene rings is 5. The van der Waals surface area contributed by atoms with Crippen molar-refractivity contribution in [3.05, 3.63) is 144 Å². The molecule has 0 spiro atoms. The summed E-state index contributed by atoms with van der Waals surface area (Å²) in [4.78, 5) is 4.49. The second kappa shape index (κ2) is 9.53. The fourth-order valence-electron chi connectivity index (χ4n) is 7.11. The van der Waals surface area contributed by atoms with Gasteiger partial charge < -0.3 is 4.57 Å². The minimum Gasteiger partial charge on any atom is -0.308 e. The van der Waals surface area contributed by atoms with Crippen LogP contribution in [-0.4, -0.2) is 9.55 Å². The van der Waals surface area contributed by atoms with Gasteiger partial charge in [-0.1, -0.05) is 105 Å². The van der Waals surface area contributed by atoms with Crippen molar-refractivity contribution < 1.29 is 0 Å². The number of pyridine rings is 1. The fourth-order valence-corrected chi connectivity index (χ4v) is 7.11. The summed E-state index contributed by atoms with van der Waals surface area (Å²) in [5, 5.41) is 22.8. The molecule has 0 saturated carbocycles. The van der Waals surface area contributed by atoms with Gasteiger partial charge in [0.2, 0.25) is 0 Å². The minimum absolute atomic E-state index is 0.227. The van der Waals surface area contributed by atoms with Gasteiger partial charge in [0.05, 0.1) is 22.3 Å². The van der Waals surface area contributed by atoms with Crippen LogP contribution in [0.25, 0.3) is 60.9 Å². The second-order valence-corrected chi connectivity index (χ2v) is 11.8. The van der Waals surface area contributed by atoms with Gasteiger partial charge in [0.15, 0.2) is 0 Å². The monoisotopic (exact) mass is 562 g/mol. The maximum Gasteiger partial charge on any atom is 0.148 e. The summed E-state index contributed by atoms with van der Waals surface area (Å²) >= 11 is 0. The Bertz CT molecular complexity index is 2380. The van der Waals surface area contributed by atoms with E-state index in [1.807, 2.05) is 54.6 Å². The Kier molecular flexibility index (Phi) is 5.57. The minimum atomic E-state index is -0.227. The first kappa shape index (κ1) is 25.7. The van der Waals surface area contributed by atoms with Gasteiger partial charge in [-0.15, -0.1) is 0 Å². The van der Waals surface area contributed by atoms with Gasteiger partial charge in [0.1, 0.15) is 17.8 Å². The van der Waals surface area contributed by atoms with Crippen molar-refractivity contribution in [3.8, 4) is 51.2 Å². The summed E-state index contributed by atoms with van der Waals surface area (Å²) in [6.07, 6.45) is 1.73. The number of para-hydroxylation sites is 1. The molecule has 1 aliphatic carbocycles. The van der Waals surface area contributed by atoms with Gasteiger partial charge in [-0.05, 0) is 57.6 Å². The molecule has 8 rings (SSSR count). The first-order valence-electron chi connectivity index (χ1n) is 14.7. The van der Waals surface area contributed by atoms with Crippen molar-refractivity contribution >= 4 is 21.8 Å². The van der Waals surface area contributed by atoms with Gasteiger partial charge in [0.25, 0.3) is 0 Å². The molecule has 0 radical (unpaired) electrons. The van der Waals surface area contributed by atoms with Crippen LogP contribution in [0.3, 0.4) is 0 Å². The highest BCUT2D eigenvalue weighted by molar-refractivity contribution is 6.13. The number of hydrogen-bond donors (Lipinski definition) is 0. The second-order valence-electron chi connectivity index (χ2n) is 11.8. The summed E-state index contributed by atoms with van der Waals surface area (Å²) in [5.41, 5.74) is 12.1. The molecule has 4 heteroatoms. The van der Waals surface area contributed by atoms with Gasteiger partial charge in [-0.3, -0.25) is 0 Å². The van der Waals surface area contributed by atoms with Crippen LogP contribution in [0.2, 0.25) is 0 Å². The Balaban J connectivity index is 1.40. The van der Waals surface area contributed by atoms with E-state index in [1.165, 1.54) is 27.6 Å². The van der Waals surface area contributed by atoms with E-state index >= 15 is 0 Å². The lowest BCUT2D eigenvalue weighted by atomic mass is 9.81. The quantitative estimate of drug-likeness (QED) is 0.215. The third-order valence-electron chi connectivity index (χ3n) is 9.12. The molecule has 0 N–H and O–H groups in total. The van der Waals surface area contributed by atoms with E-state index in [-0.39, 0.29) is 5.41 Å². The molecule has 0 fully saturated rings. The summed E-state index contributed by atoms with van der Waals surface area (Å²) in [7, 11) is 0. The highest BCUT2D eigenvalue weighted by atomic mass is 15.0. The number of fused-ring (bicyclic) bond motifs is 7. The predicted molar refractivity (Wildman–Crippen MR) is 176 cm³/mol. The van der Waals surface area contributed by atoms with E-state index in [1.54, 1.807) is 6.20 Å². The Morgan fingerprint density at radius 1 is 0.636 bits per heavy atom. The third-order valence-corrected chi connectivity index (χ3v) is 9.12. The number of aromatic nitrogens is 2. The van der Waals surface area contributed by atoms with Crippen LogP contribution in [-0.2, 0) is 5.41 Å².